The molecule has 0 atom stereocenters. The van der Waals surface area contributed by atoms with Crippen LogP contribution in [0.25, 0.3) is 0 Å². The van der Waals surface area contributed by atoms with E-state index in [1.165, 1.54) is 50.3 Å². The van der Waals surface area contributed by atoms with Crippen molar-refractivity contribution in [3.05, 3.63) is 239 Å². The summed E-state index contributed by atoms with van der Waals surface area (Å²) in [4.78, 5) is 4.93. The van der Waals surface area contributed by atoms with Crippen LogP contribution in [0.4, 0.5) is 11.4 Å². The molecule has 0 saturated carbocycles. The van der Waals surface area contributed by atoms with E-state index in [0.717, 1.165) is 26.2 Å². The summed E-state index contributed by atoms with van der Waals surface area (Å²) in [6, 6.07) is 72.4. The first-order chi connectivity index (χ1) is 24.3. The van der Waals surface area contributed by atoms with Crippen LogP contribution in [0, 0.1) is 0 Å². The SMILES string of the molecule is c1ccc(CN(Cc2ccccc2)c2ccc(C(c3ccccc3)c3ccc(N(Cc4ccccc4)Cc4ccccc4)cc3)cc2)cc1. The Morgan fingerprint density at radius 1 is 0.265 bits per heavy atom. The highest BCUT2D eigenvalue weighted by molar-refractivity contribution is 5.55. The van der Waals surface area contributed by atoms with Gasteiger partial charge in [0.15, 0.2) is 0 Å². The van der Waals surface area contributed by atoms with E-state index in [1.807, 2.05) is 0 Å². The maximum Gasteiger partial charge on any atom is 0.0433 e. The molecular weight excluding hydrogens is 593 g/mol. The highest BCUT2D eigenvalue weighted by atomic mass is 15.1. The van der Waals surface area contributed by atoms with Crippen LogP contribution in [-0.4, -0.2) is 0 Å². The zero-order valence-electron chi connectivity index (χ0n) is 27.9. The second kappa shape index (κ2) is 15.8. The lowest BCUT2D eigenvalue weighted by molar-refractivity contribution is 0.798. The molecule has 7 aromatic carbocycles. The summed E-state index contributed by atoms with van der Waals surface area (Å²) in [6.07, 6.45) is 0. The van der Waals surface area contributed by atoms with E-state index >= 15 is 0 Å². The van der Waals surface area contributed by atoms with E-state index in [0.29, 0.717) is 0 Å². The number of hydrogen-bond donors (Lipinski definition) is 0. The van der Waals surface area contributed by atoms with Gasteiger partial charge in [0.05, 0.1) is 0 Å². The van der Waals surface area contributed by atoms with Gasteiger partial charge in [0.25, 0.3) is 0 Å². The van der Waals surface area contributed by atoms with E-state index in [2.05, 4.69) is 210 Å². The summed E-state index contributed by atoms with van der Waals surface area (Å²) in [5, 5.41) is 0. The zero-order chi connectivity index (χ0) is 33.1. The third kappa shape index (κ3) is 8.36. The minimum atomic E-state index is 0.123. The molecular formula is C47H42N2. The minimum Gasteiger partial charge on any atom is -0.363 e. The van der Waals surface area contributed by atoms with Crippen LogP contribution in [-0.2, 0) is 26.2 Å². The predicted octanol–water partition coefficient (Wildman–Crippen LogP) is 11.3. The minimum absolute atomic E-state index is 0.123. The Balaban J connectivity index is 1.19. The molecule has 49 heavy (non-hydrogen) atoms. The van der Waals surface area contributed by atoms with E-state index in [4.69, 9.17) is 0 Å². The second-order valence-corrected chi connectivity index (χ2v) is 12.7. The van der Waals surface area contributed by atoms with Crippen LogP contribution in [0.15, 0.2) is 200 Å². The van der Waals surface area contributed by atoms with Gasteiger partial charge in [-0.2, -0.15) is 0 Å². The van der Waals surface area contributed by atoms with Crippen LogP contribution >= 0.6 is 0 Å². The van der Waals surface area contributed by atoms with Gasteiger partial charge in [-0.3, -0.25) is 0 Å². The number of nitrogens with zero attached hydrogens (tertiary/aromatic N) is 2. The number of rotatable bonds is 13. The van der Waals surface area contributed by atoms with Crippen LogP contribution in [0.2, 0.25) is 0 Å². The van der Waals surface area contributed by atoms with Crippen LogP contribution < -0.4 is 9.80 Å². The Morgan fingerprint density at radius 3 is 0.796 bits per heavy atom. The normalized spacial score (nSPS) is 11.0. The van der Waals surface area contributed by atoms with Crippen LogP contribution in [0.5, 0.6) is 0 Å². The molecule has 0 heterocycles. The molecule has 0 spiro atoms. The largest absolute Gasteiger partial charge is 0.363 e. The molecule has 0 unspecified atom stereocenters. The highest BCUT2D eigenvalue weighted by Gasteiger charge is 2.19. The molecule has 7 aromatic rings. The molecule has 0 aromatic heterocycles. The standard InChI is InChI=1S/C47H42N2/c1-6-16-38(17-7-1)34-48(35-39-18-8-2-9-19-39)45-30-26-43(27-31-45)47(42-24-14-5-15-25-42)44-28-32-46(33-29-44)49(36-40-20-10-3-11-21-40)37-41-22-12-4-13-23-41/h1-33,47H,34-37H2. The quantitative estimate of drug-likeness (QED) is 0.116. The van der Waals surface area contributed by atoms with Crippen molar-refractivity contribution in [2.45, 2.75) is 32.1 Å². The van der Waals surface area contributed by atoms with E-state index in [-0.39, 0.29) is 5.92 Å². The molecule has 240 valence electrons. The summed E-state index contributed by atoms with van der Waals surface area (Å²) in [5.74, 6) is 0.123. The van der Waals surface area contributed by atoms with Crippen molar-refractivity contribution in [3.8, 4) is 0 Å². The van der Waals surface area contributed by atoms with E-state index < -0.39 is 0 Å². The van der Waals surface area contributed by atoms with Gasteiger partial charge in [-0.25, -0.2) is 0 Å². The Morgan fingerprint density at radius 2 is 0.510 bits per heavy atom. The van der Waals surface area contributed by atoms with Crippen molar-refractivity contribution in [2.75, 3.05) is 9.80 Å². The summed E-state index contributed by atoms with van der Waals surface area (Å²) in [7, 11) is 0. The maximum absolute atomic E-state index is 2.47. The maximum atomic E-state index is 2.47. The molecule has 0 fully saturated rings. The number of hydrogen-bond acceptors (Lipinski definition) is 2. The zero-order valence-corrected chi connectivity index (χ0v) is 27.9. The summed E-state index contributed by atoms with van der Waals surface area (Å²) >= 11 is 0. The number of anilines is 2. The molecule has 0 amide bonds. The van der Waals surface area contributed by atoms with Crippen molar-refractivity contribution < 1.29 is 0 Å². The van der Waals surface area contributed by atoms with Gasteiger partial charge in [-0.15, -0.1) is 0 Å². The molecule has 2 nitrogen and oxygen atoms in total. The van der Waals surface area contributed by atoms with Crippen molar-refractivity contribution in [1.82, 2.24) is 0 Å². The molecule has 2 heteroatoms. The third-order valence-electron chi connectivity index (χ3n) is 9.18. The fraction of sp³-hybridized carbons (Fsp3) is 0.106. The van der Waals surface area contributed by atoms with Gasteiger partial charge in [-0.1, -0.05) is 176 Å². The predicted molar refractivity (Wildman–Crippen MR) is 206 cm³/mol. The van der Waals surface area contributed by atoms with Crippen LogP contribution in [0.1, 0.15) is 44.9 Å². The third-order valence-corrected chi connectivity index (χ3v) is 9.18. The van der Waals surface area contributed by atoms with Gasteiger partial charge in [0.1, 0.15) is 0 Å². The smallest absolute Gasteiger partial charge is 0.0433 e. The summed E-state index contributed by atoms with van der Waals surface area (Å²) in [5.41, 5.74) is 11.5. The van der Waals surface area contributed by atoms with E-state index in [9.17, 15) is 0 Å². The first kappa shape index (κ1) is 31.7. The monoisotopic (exact) mass is 634 g/mol. The van der Waals surface area contributed by atoms with Crippen LogP contribution in [0.3, 0.4) is 0 Å². The highest BCUT2D eigenvalue weighted by Crippen LogP contribution is 2.35. The van der Waals surface area contributed by atoms with Gasteiger partial charge < -0.3 is 9.80 Å². The van der Waals surface area contributed by atoms with Gasteiger partial charge in [-0.05, 0) is 63.2 Å². The number of benzene rings is 7. The molecule has 0 saturated heterocycles. The van der Waals surface area contributed by atoms with Crippen molar-refractivity contribution in [1.29, 1.82) is 0 Å². The Hall–Kier alpha value is -5.86. The summed E-state index contributed by atoms with van der Waals surface area (Å²) in [6.45, 7) is 3.39. The first-order valence-corrected chi connectivity index (χ1v) is 17.2. The fourth-order valence-electron chi connectivity index (χ4n) is 6.67. The van der Waals surface area contributed by atoms with Gasteiger partial charge in [0, 0.05) is 43.5 Å². The molecule has 0 bridgehead atoms. The van der Waals surface area contributed by atoms with E-state index in [1.54, 1.807) is 0 Å². The molecule has 0 aliphatic rings. The molecule has 0 N–H and O–H groups in total. The second-order valence-electron chi connectivity index (χ2n) is 12.7. The van der Waals surface area contributed by atoms with Crippen molar-refractivity contribution >= 4 is 11.4 Å². The molecule has 7 rings (SSSR count). The van der Waals surface area contributed by atoms with Crippen molar-refractivity contribution in [2.24, 2.45) is 0 Å². The molecule has 0 radical (unpaired) electrons. The average molecular weight is 635 g/mol. The summed E-state index contributed by atoms with van der Waals surface area (Å²) < 4.78 is 0. The lowest BCUT2D eigenvalue weighted by atomic mass is 9.85. The first-order valence-electron chi connectivity index (χ1n) is 17.2. The Bertz CT molecular complexity index is 1760. The molecule has 0 aliphatic carbocycles. The Kier molecular flexibility index (Phi) is 10.2. The molecule has 0 aliphatic heterocycles. The topological polar surface area (TPSA) is 6.48 Å². The lowest BCUT2D eigenvalue weighted by Gasteiger charge is -2.27. The van der Waals surface area contributed by atoms with Gasteiger partial charge >= 0.3 is 0 Å². The fourth-order valence-corrected chi connectivity index (χ4v) is 6.67. The lowest BCUT2D eigenvalue weighted by Crippen LogP contribution is -2.22. The average Bonchev–Trinajstić information content (AvgIpc) is 3.17. The Labute approximate surface area is 291 Å². The van der Waals surface area contributed by atoms with Crippen molar-refractivity contribution in [3.63, 3.8) is 0 Å². The van der Waals surface area contributed by atoms with Gasteiger partial charge in [0.2, 0.25) is 0 Å².